The highest BCUT2D eigenvalue weighted by molar-refractivity contribution is 6.08. The van der Waals surface area contributed by atoms with Gasteiger partial charge in [-0.15, -0.1) is 0 Å². The van der Waals surface area contributed by atoms with Gasteiger partial charge in [-0.3, -0.25) is 9.59 Å². The number of hydrogen-bond donors (Lipinski definition) is 0. The summed E-state index contributed by atoms with van der Waals surface area (Å²) < 4.78 is 1.95. The maximum Gasteiger partial charge on any atom is 0.246 e. The number of para-hydroxylation sites is 2. The normalized spacial score (nSPS) is 13.2. The Morgan fingerprint density at radius 2 is 1.88 bits per heavy atom. The zero-order valence-corrected chi connectivity index (χ0v) is 15.2. The van der Waals surface area contributed by atoms with E-state index in [1.54, 1.807) is 6.92 Å². The molecule has 0 saturated heterocycles. The first kappa shape index (κ1) is 16.6. The summed E-state index contributed by atoms with van der Waals surface area (Å²) in [6.45, 7) is 4.64. The van der Waals surface area contributed by atoms with Crippen molar-refractivity contribution in [2.45, 2.75) is 33.2 Å². The van der Waals surface area contributed by atoms with Crippen molar-refractivity contribution in [1.29, 1.82) is 0 Å². The number of fused-ring (bicyclic) bond motifs is 2. The Morgan fingerprint density at radius 1 is 1.08 bits per heavy atom. The van der Waals surface area contributed by atoms with Crippen LogP contribution < -0.4 is 4.90 Å². The zero-order valence-electron chi connectivity index (χ0n) is 15.2. The summed E-state index contributed by atoms with van der Waals surface area (Å²) in [5.41, 5.74) is 5.07. The Hall–Kier alpha value is -2.88. The lowest BCUT2D eigenvalue weighted by atomic mass is 10.1. The van der Waals surface area contributed by atoms with Crippen LogP contribution in [0.3, 0.4) is 0 Å². The molecule has 4 nitrogen and oxygen atoms in total. The fraction of sp³-hybridized carbons (Fsp3) is 0.273. The number of Topliss-reactive ketones (excluding diaryl/α,β-unsaturated/α-hetero) is 1. The van der Waals surface area contributed by atoms with Crippen molar-refractivity contribution in [1.82, 2.24) is 4.57 Å². The van der Waals surface area contributed by atoms with E-state index in [1.807, 2.05) is 46.0 Å². The number of benzene rings is 2. The first-order valence-corrected chi connectivity index (χ1v) is 9.10. The van der Waals surface area contributed by atoms with Gasteiger partial charge in [0.05, 0.1) is 5.52 Å². The fourth-order valence-corrected chi connectivity index (χ4v) is 3.96. The van der Waals surface area contributed by atoms with E-state index in [9.17, 15) is 9.59 Å². The minimum absolute atomic E-state index is 0.0287. The van der Waals surface area contributed by atoms with E-state index >= 15 is 0 Å². The number of aromatic nitrogens is 1. The Morgan fingerprint density at radius 3 is 2.65 bits per heavy atom. The average molecular weight is 346 g/mol. The first-order valence-electron chi connectivity index (χ1n) is 9.10. The van der Waals surface area contributed by atoms with Crippen LogP contribution in [0, 0.1) is 0 Å². The van der Waals surface area contributed by atoms with Crippen molar-refractivity contribution in [3.63, 3.8) is 0 Å². The third kappa shape index (κ3) is 2.62. The first-order chi connectivity index (χ1) is 12.6. The molecule has 1 aliphatic heterocycles. The van der Waals surface area contributed by atoms with Crippen LogP contribution in [0.25, 0.3) is 10.9 Å². The summed E-state index contributed by atoms with van der Waals surface area (Å²) in [5.74, 6) is 0.0915. The number of amides is 1. The molecular formula is C22H22N2O2. The molecule has 3 aromatic rings. The lowest BCUT2D eigenvalue weighted by molar-refractivity contribution is -0.119. The molecule has 0 atom stereocenters. The van der Waals surface area contributed by atoms with Crippen molar-refractivity contribution in [2.24, 2.45) is 0 Å². The van der Waals surface area contributed by atoms with Gasteiger partial charge in [-0.1, -0.05) is 43.3 Å². The van der Waals surface area contributed by atoms with Crippen LogP contribution in [0.2, 0.25) is 0 Å². The molecule has 4 rings (SSSR count). The van der Waals surface area contributed by atoms with Gasteiger partial charge in [0.25, 0.3) is 0 Å². The van der Waals surface area contributed by atoms with Crippen LogP contribution in [0.4, 0.5) is 5.69 Å². The van der Waals surface area contributed by atoms with Crippen LogP contribution >= 0.6 is 0 Å². The Bertz CT molecular complexity index is 1020. The third-order valence-electron chi connectivity index (χ3n) is 5.24. The van der Waals surface area contributed by atoms with Crippen molar-refractivity contribution in [3.8, 4) is 0 Å². The monoisotopic (exact) mass is 346 g/mol. The molecule has 0 aliphatic carbocycles. The van der Waals surface area contributed by atoms with Crippen LogP contribution in [0.5, 0.6) is 0 Å². The molecule has 132 valence electrons. The highest BCUT2D eigenvalue weighted by Crippen LogP contribution is 2.29. The molecule has 4 heteroatoms. The van der Waals surface area contributed by atoms with E-state index < -0.39 is 0 Å². The summed E-state index contributed by atoms with van der Waals surface area (Å²) >= 11 is 0. The van der Waals surface area contributed by atoms with Gasteiger partial charge >= 0.3 is 0 Å². The molecule has 26 heavy (non-hydrogen) atoms. The van der Waals surface area contributed by atoms with Crippen molar-refractivity contribution in [3.05, 3.63) is 65.4 Å². The number of anilines is 1. The molecule has 1 aliphatic rings. The standard InChI is InChI=1S/C22H22N2O2/c1-3-16-8-6-9-18-19(15(2)25)13-23(22(16)18)14-21(26)24-12-11-17-7-4-5-10-20(17)24/h4-10,13H,3,11-12,14H2,1-2H3. The second kappa shape index (κ2) is 6.45. The minimum Gasteiger partial charge on any atom is -0.337 e. The predicted octanol–water partition coefficient (Wildman–Crippen LogP) is 4.00. The molecule has 0 radical (unpaired) electrons. The lowest BCUT2D eigenvalue weighted by Crippen LogP contribution is -2.32. The van der Waals surface area contributed by atoms with Crippen LogP contribution in [-0.2, 0) is 24.2 Å². The molecule has 2 aromatic carbocycles. The van der Waals surface area contributed by atoms with Crippen LogP contribution in [0.1, 0.15) is 35.3 Å². The lowest BCUT2D eigenvalue weighted by Gasteiger charge is -2.18. The molecule has 0 fully saturated rings. The molecule has 0 N–H and O–H groups in total. The Balaban J connectivity index is 1.74. The maximum atomic E-state index is 13.0. The van der Waals surface area contributed by atoms with E-state index in [2.05, 4.69) is 19.1 Å². The SMILES string of the molecule is CCc1cccc2c(C(C)=O)cn(CC(=O)N3CCc4ccccc43)c12. The molecule has 0 spiro atoms. The predicted molar refractivity (Wildman–Crippen MR) is 104 cm³/mol. The van der Waals surface area contributed by atoms with Gasteiger partial charge in [0.15, 0.2) is 5.78 Å². The van der Waals surface area contributed by atoms with Gasteiger partial charge in [0.1, 0.15) is 6.54 Å². The van der Waals surface area contributed by atoms with E-state index in [4.69, 9.17) is 0 Å². The Labute approximate surface area is 153 Å². The Kier molecular flexibility index (Phi) is 4.11. The highest BCUT2D eigenvalue weighted by atomic mass is 16.2. The topological polar surface area (TPSA) is 42.3 Å². The molecule has 2 heterocycles. The van der Waals surface area contributed by atoms with Gasteiger partial charge in [0, 0.05) is 29.4 Å². The number of hydrogen-bond acceptors (Lipinski definition) is 2. The summed E-state index contributed by atoms with van der Waals surface area (Å²) in [4.78, 5) is 27.0. The van der Waals surface area contributed by atoms with E-state index in [0.717, 1.165) is 41.5 Å². The summed E-state index contributed by atoms with van der Waals surface area (Å²) in [5, 5.41) is 0.937. The number of nitrogens with zero attached hydrogens (tertiary/aromatic N) is 2. The van der Waals surface area contributed by atoms with Gasteiger partial charge in [-0.05, 0) is 37.0 Å². The third-order valence-corrected chi connectivity index (χ3v) is 5.24. The highest BCUT2D eigenvalue weighted by Gasteiger charge is 2.25. The average Bonchev–Trinajstić information content (AvgIpc) is 3.23. The number of rotatable bonds is 4. The van der Waals surface area contributed by atoms with Gasteiger partial charge in [-0.25, -0.2) is 0 Å². The quantitative estimate of drug-likeness (QED) is 0.670. The second-order valence-corrected chi connectivity index (χ2v) is 6.82. The van der Waals surface area contributed by atoms with Crippen LogP contribution in [-0.4, -0.2) is 22.8 Å². The molecule has 0 unspecified atom stereocenters. The summed E-state index contributed by atoms with van der Waals surface area (Å²) in [7, 11) is 0. The fourth-order valence-electron chi connectivity index (χ4n) is 3.96. The number of carbonyl (C=O) groups excluding carboxylic acids is 2. The molecule has 1 aromatic heterocycles. The smallest absolute Gasteiger partial charge is 0.246 e. The van der Waals surface area contributed by atoms with E-state index in [-0.39, 0.29) is 18.2 Å². The van der Waals surface area contributed by atoms with Crippen molar-refractivity contribution >= 4 is 28.3 Å². The van der Waals surface area contributed by atoms with E-state index in [0.29, 0.717) is 5.56 Å². The summed E-state index contributed by atoms with van der Waals surface area (Å²) in [6.07, 6.45) is 3.60. The molecule has 0 bridgehead atoms. The largest absolute Gasteiger partial charge is 0.337 e. The van der Waals surface area contributed by atoms with Gasteiger partial charge in [-0.2, -0.15) is 0 Å². The molecule has 0 saturated carbocycles. The maximum absolute atomic E-state index is 13.0. The van der Waals surface area contributed by atoms with Crippen molar-refractivity contribution < 1.29 is 9.59 Å². The van der Waals surface area contributed by atoms with E-state index in [1.165, 1.54) is 5.56 Å². The van der Waals surface area contributed by atoms with Gasteiger partial charge < -0.3 is 9.47 Å². The molecule has 1 amide bonds. The minimum atomic E-state index is 0.0287. The van der Waals surface area contributed by atoms with Gasteiger partial charge in [0.2, 0.25) is 5.91 Å². The summed E-state index contributed by atoms with van der Waals surface area (Å²) in [6, 6.07) is 14.1. The molecular weight excluding hydrogens is 324 g/mol. The second-order valence-electron chi connectivity index (χ2n) is 6.82. The number of carbonyl (C=O) groups is 2. The number of ketones is 1. The van der Waals surface area contributed by atoms with Crippen molar-refractivity contribution in [2.75, 3.05) is 11.4 Å². The zero-order chi connectivity index (χ0) is 18.3. The number of aryl methyl sites for hydroxylation is 1. The van der Waals surface area contributed by atoms with Crippen LogP contribution in [0.15, 0.2) is 48.7 Å².